The van der Waals surface area contributed by atoms with Crippen LogP contribution in [0.4, 0.5) is 0 Å². The Morgan fingerprint density at radius 1 is 0.375 bits per heavy atom. The average Bonchev–Trinajstić information content (AvgIpc) is 3.44. The summed E-state index contributed by atoms with van der Waals surface area (Å²) in [6, 6.07) is 56.8. The van der Waals surface area contributed by atoms with Crippen molar-refractivity contribution in [1.29, 1.82) is 0 Å². The Kier molecular flexibility index (Phi) is 7.08. The summed E-state index contributed by atoms with van der Waals surface area (Å²) in [6.45, 7) is 0. The lowest BCUT2D eigenvalue weighted by Gasteiger charge is -2.36. The predicted molar refractivity (Wildman–Crippen MR) is 199 cm³/mol. The fourth-order valence-corrected chi connectivity index (χ4v) is 8.28. The topological polar surface area (TPSA) is 25.8 Å². The van der Waals surface area contributed by atoms with Crippen LogP contribution >= 0.6 is 0 Å². The number of hydrogen-bond acceptors (Lipinski definition) is 2. The molecule has 2 aliphatic rings. The van der Waals surface area contributed by atoms with Crippen molar-refractivity contribution in [2.45, 2.75) is 37.5 Å². The van der Waals surface area contributed by atoms with Gasteiger partial charge in [-0.05, 0) is 63.4 Å². The van der Waals surface area contributed by atoms with E-state index in [1.807, 2.05) is 6.07 Å². The Morgan fingerprint density at radius 2 is 0.917 bits per heavy atom. The van der Waals surface area contributed by atoms with Crippen molar-refractivity contribution in [2.24, 2.45) is 0 Å². The van der Waals surface area contributed by atoms with Crippen LogP contribution in [0, 0.1) is 0 Å². The summed E-state index contributed by atoms with van der Waals surface area (Å²) >= 11 is 0. The molecule has 0 aliphatic heterocycles. The molecule has 1 fully saturated rings. The first-order valence-electron chi connectivity index (χ1n) is 17.2. The molecule has 2 nitrogen and oxygen atoms in total. The molecule has 6 aromatic carbocycles. The summed E-state index contributed by atoms with van der Waals surface area (Å²) in [5.74, 6) is 0.731. The molecule has 0 atom stereocenters. The Balaban J connectivity index is 1.22. The molecular weight excluding hydrogens is 581 g/mol. The first-order chi connectivity index (χ1) is 23.8. The van der Waals surface area contributed by atoms with Gasteiger partial charge in [0.1, 0.15) is 0 Å². The highest BCUT2D eigenvalue weighted by molar-refractivity contribution is 5.97. The summed E-state index contributed by atoms with van der Waals surface area (Å²) in [7, 11) is 0. The highest BCUT2D eigenvalue weighted by atomic mass is 14.9. The van der Waals surface area contributed by atoms with Crippen LogP contribution in [0.15, 0.2) is 158 Å². The van der Waals surface area contributed by atoms with E-state index < -0.39 is 0 Å². The third-order valence-corrected chi connectivity index (χ3v) is 10.5. The van der Waals surface area contributed by atoms with E-state index in [4.69, 9.17) is 9.97 Å². The minimum absolute atomic E-state index is 0.115. The zero-order valence-electron chi connectivity index (χ0n) is 26.9. The van der Waals surface area contributed by atoms with Gasteiger partial charge in [-0.3, -0.25) is 0 Å². The minimum atomic E-state index is 0.115. The Morgan fingerprint density at radius 3 is 1.67 bits per heavy atom. The molecule has 0 bridgehead atoms. The van der Waals surface area contributed by atoms with E-state index in [0.717, 1.165) is 33.9 Å². The van der Waals surface area contributed by atoms with Gasteiger partial charge in [0.25, 0.3) is 0 Å². The van der Waals surface area contributed by atoms with Gasteiger partial charge >= 0.3 is 0 Å². The fourth-order valence-electron chi connectivity index (χ4n) is 8.28. The van der Waals surface area contributed by atoms with Crippen molar-refractivity contribution in [3.05, 3.63) is 169 Å². The first-order valence-corrected chi connectivity index (χ1v) is 17.2. The van der Waals surface area contributed by atoms with Gasteiger partial charge in [-0.1, -0.05) is 171 Å². The maximum Gasteiger partial charge on any atom is 0.160 e. The summed E-state index contributed by atoms with van der Waals surface area (Å²) in [5.41, 5.74) is 15.9. The molecule has 0 unspecified atom stereocenters. The molecule has 0 saturated heterocycles. The van der Waals surface area contributed by atoms with Crippen molar-refractivity contribution in [2.75, 3.05) is 0 Å². The van der Waals surface area contributed by atoms with Gasteiger partial charge in [0, 0.05) is 22.1 Å². The van der Waals surface area contributed by atoms with Crippen LogP contribution < -0.4 is 0 Å². The normalized spacial score (nSPS) is 14.4. The average molecular weight is 617 g/mol. The lowest BCUT2D eigenvalue weighted by molar-refractivity contribution is 0.353. The molecule has 1 saturated carbocycles. The molecule has 0 amide bonds. The second kappa shape index (κ2) is 11.9. The van der Waals surface area contributed by atoms with Gasteiger partial charge in [-0.15, -0.1) is 0 Å². The van der Waals surface area contributed by atoms with Crippen LogP contribution in [0.3, 0.4) is 0 Å². The standard InChI is InChI=1S/C46H36N2/c1-4-15-32(16-5-1)33-25-27-34(28-26-33)42-31-43(48-45(47-42)35-17-6-2-7-18-35)37-20-9-8-19-36(37)38-22-14-24-41-44(38)39-21-10-11-23-40(39)46(41)29-12-3-13-30-46/h1-2,4-11,14-28,31H,3,12-13,29-30H2. The highest BCUT2D eigenvalue weighted by Crippen LogP contribution is 2.58. The summed E-state index contributed by atoms with van der Waals surface area (Å²) in [5, 5.41) is 0. The predicted octanol–water partition coefficient (Wildman–Crippen LogP) is 12.0. The smallest absolute Gasteiger partial charge is 0.160 e. The zero-order chi connectivity index (χ0) is 31.9. The minimum Gasteiger partial charge on any atom is -0.228 e. The molecule has 230 valence electrons. The van der Waals surface area contributed by atoms with Gasteiger partial charge in [-0.2, -0.15) is 0 Å². The van der Waals surface area contributed by atoms with Crippen molar-refractivity contribution in [3.8, 4) is 67.3 Å². The first kappa shape index (κ1) is 28.6. The molecular formula is C46H36N2. The monoisotopic (exact) mass is 616 g/mol. The quantitative estimate of drug-likeness (QED) is 0.192. The summed E-state index contributed by atoms with van der Waals surface area (Å²) in [6.07, 6.45) is 6.35. The van der Waals surface area contributed by atoms with Crippen LogP contribution in [-0.4, -0.2) is 9.97 Å². The molecule has 7 aromatic rings. The van der Waals surface area contributed by atoms with Crippen molar-refractivity contribution in [1.82, 2.24) is 9.97 Å². The molecule has 48 heavy (non-hydrogen) atoms. The van der Waals surface area contributed by atoms with Crippen LogP contribution in [-0.2, 0) is 5.41 Å². The van der Waals surface area contributed by atoms with Crippen LogP contribution in [0.25, 0.3) is 67.3 Å². The number of aromatic nitrogens is 2. The van der Waals surface area contributed by atoms with Gasteiger partial charge < -0.3 is 0 Å². The molecule has 1 heterocycles. The van der Waals surface area contributed by atoms with E-state index >= 15 is 0 Å². The number of hydrogen-bond donors (Lipinski definition) is 0. The lowest BCUT2D eigenvalue weighted by Crippen LogP contribution is -2.27. The van der Waals surface area contributed by atoms with Gasteiger partial charge in [0.2, 0.25) is 0 Å². The van der Waals surface area contributed by atoms with Crippen LogP contribution in [0.2, 0.25) is 0 Å². The van der Waals surface area contributed by atoms with Crippen molar-refractivity contribution < 1.29 is 0 Å². The third-order valence-electron chi connectivity index (χ3n) is 10.5. The van der Waals surface area contributed by atoms with Crippen molar-refractivity contribution >= 4 is 0 Å². The molecule has 9 rings (SSSR count). The second-order valence-electron chi connectivity index (χ2n) is 13.2. The zero-order valence-corrected chi connectivity index (χ0v) is 26.9. The van der Waals surface area contributed by atoms with Crippen molar-refractivity contribution in [3.63, 3.8) is 0 Å². The Hall–Kier alpha value is -5.60. The van der Waals surface area contributed by atoms with E-state index in [1.54, 1.807) is 0 Å². The fraction of sp³-hybridized carbons (Fsp3) is 0.130. The van der Waals surface area contributed by atoms with E-state index in [-0.39, 0.29) is 5.41 Å². The molecule has 2 aliphatic carbocycles. The molecule has 1 spiro atoms. The van der Waals surface area contributed by atoms with Gasteiger partial charge in [0.05, 0.1) is 11.4 Å². The SMILES string of the molecule is c1ccc(-c2ccc(-c3cc(-c4ccccc4-c4cccc5c4-c4ccccc4C54CCCCC4)nc(-c4ccccc4)n3)cc2)cc1. The molecule has 2 heteroatoms. The van der Waals surface area contributed by atoms with E-state index in [1.165, 1.54) is 76.6 Å². The summed E-state index contributed by atoms with van der Waals surface area (Å²) < 4.78 is 0. The maximum atomic E-state index is 5.26. The third kappa shape index (κ3) is 4.79. The van der Waals surface area contributed by atoms with Gasteiger partial charge in [0.15, 0.2) is 5.82 Å². The number of nitrogens with zero attached hydrogens (tertiary/aromatic N) is 2. The van der Waals surface area contributed by atoms with E-state index in [9.17, 15) is 0 Å². The second-order valence-corrected chi connectivity index (χ2v) is 13.2. The number of fused-ring (bicyclic) bond motifs is 5. The molecule has 0 radical (unpaired) electrons. The lowest BCUT2D eigenvalue weighted by atomic mass is 9.67. The maximum absolute atomic E-state index is 5.26. The van der Waals surface area contributed by atoms with Crippen LogP contribution in [0.5, 0.6) is 0 Å². The van der Waals surface area contributed by atoms with Crippen LogP contribution in [0.1, 0.15) is 43.2 Å². The summed E-state index contributed by atoms with van der Waals surface area (Å²) in [4.78, 5) is 10.4. The Bertz CT molecular complexity index is 2250. The molecule has 0 N–H and O–H groups in total. The number of rotatable bonds is 5. The van der Waals surface area contributed by atoms with Gasteiger partial charge in [-0.25, -0.2) is 9.97 Å². The number of benzene rings is 6. The van der Waals surface area contributed by atoms with E-state index in [2.05, 4.69) is 152 Å². The Labute approximate surface area is 282 Å². The molecule has 1 aromatic heterocycles. The van der Waals surface area contributed by atoms with E-state index in [0.29, 0.717) is 0 Å². The largest absolute Gasteiger partial charge is 0.228 e. The highest BCUT2D eigenvalue weighted by Gasteiger charge is 2.44.